The predicted octanol–water partition coefficient (Wildman–Crippen LogP) is 3.34. The van der Waals surface area contributed by atoms with E-state index in [0.717, 1.165) is 45.8 Å². The highest BCUT2D eigenvalue weighted by molar-refractivity contribution is 7.21. The Kier molecular flexibility index (Phi) is 5.27. The number of nitrogens with one attached hydrogen (secondary N) is 2. The van der Waals surface area contributed by atoms with Gasteiger partial charge in [-0.15, -0.1) is 11.3 Å². The van der Waals surface area contributed by atoms with Gasteiger partial charge in [-0.05, 0) is 55.6 Å². The summed E-state index contributed by atoms with van der Waals surface area (Å²) < 4.78 is 20.3. The lowest BCUT2D eigenvalue weighted by molar-refractivity contribution is 0.0920. The van der Waals surface area contributed by atoms with E-state index < -0.39 is 6.17 Å². The van der Waals surface area contributed by atoms with E-state index in [2.05, 4.69) is 15.6 Å². The van der Waals surface area contributed by atoms with Crippen LogP contribution in [0.3, 0.4) is 0 Å². The highest BCUT2D eigenvalue weighted by Gasteiger charge is 2.29. The Morgan fingerprint density at radius 1 is 1.35 bits per heavy atom. The zero-order valence-corrected chi connectivity index (χ0v) is 18.1. The van der Waals surface area contributed by atoms with Crippen LogP contribution in [0, 0.1) is 6.92 Å². The van der Waals surface area contributed by atoms with Crippen molar-refractivity contribution in [3.05, 3.63) is 52.0 Å². The number of nitrogen functional groups attached to an aromatic ring is 1. The zero-order chi connectivity index (χ0) is 21.5. The van der Waals surface area contributed by atoms with Gasteiger partial charge in [-0.25, -0.2) is 9.37 Å². The smallest absolute Gasteiger partial charge is 0.263 e. The van der Waals surface area contributed by atoms with Crippen molar-refractivity contribution in [2.75, 3.05) is 25.4 Å². The van der Waals surface area contributed by atoms with Crippen molar-refractivity contribution >= 4 is 33.1 Å². The number of alkyl halides is 1. The lowest BCUT2D eigenvalue weighted by Crippen LogP contribution is -2.42. The van der Waals surface area contributed by atoms with Crippen LogP contribution in [0.4, 0.5) is 10.1 Å². The van der Waals surface area contributed by atoms with E-state index in [0.29, 0.717) is 30.1 Å². The first kappa shape index (κ1) is 20.2. The van der Waals surface area contributed by atoms with E-state index in [1.54, 1.807) is 0 Å². The number of hydrogen-bond donors (Lipinski definition) is 3. The van der Waals surface area contributed by atoms with Crippen LogP contribution in [0.5, 0.6) is 5.75 Å². The van der Waals surface area contributed by atoms with Crippen molar-refractivity contribution in [1.82, 2.24) is 15.6 Å². The van der Waals surface area contributed by atoms with E-state index in [9.17, 15) is 9.18 Å². The third-order valence-corrected chi connectivity index (χ3v) is 7.22. The number of nitrogens with two attached hydrogens (primary N) is 1. The number of carbonyl (C=O) groups excluding carboxylic acids is 1. The van der Waals surface area contributed by atoms with Crippen LogP contribution in [-0.2, 0) is 6.42 Å². The topological polar surface area (TPSA) is 89.3 Å². The van der Waals surface area contributed by atoms with E-state index in [4.69, 9.17) is 10.5 Å². The molecule has 3 atom stereocenters. The molecule has 6 nitrogen and oxygen atoms in total. The largest absolute Gasteiger partial charge is 0.491 e. The van der Waals surface area contributed by atoms with Gasteiger partial charge in [-0.3, -0.25) is 4.79 Å². The average molecular weight is 441 g/mol. The maximum atomic E-state index is 14.3. The number of fused-ring (bicyclic) bond motifs is 2. The SMILES string of the molecule is Cc1ccc2c(N)c(C(=O)N[C@H]3COc4cc([C@@H]5CCNC[C@@H]5F)ccc4C3)sc2n1. The van der Waals surface area contributed by atoms with Crippen molar-refractivity contribution in [2.45, 2.75) is 37.9 Å². The summed E-state index contributed by atoms with van der Waals surface area (Å²) in [4.78, 5) is 18.6. The number of carbonyl (C=O) groups is 1. The molecule has 4 N–H and O–H groups in total. The van der Waals surface area contributed by atoms with Crippen LogP contribution < -0.4 is 21.1 Å². The second-order valence-corrected chi connectivity index (χ2v) is 9.32. The number of aromatic nitrogens is 1. The van der Waals surface area contributed by atoms with Gasteiger partial charge in [0.25, 0.3) is 5.91 Å². The van der Waals surface area contributed by atoms with Crippen LogP contribution >= 0.6 is 11.3 Å². The number of pyridine rings is 1. The van der Waals surface area contributed by atoms with E-state index >= 15 is 0 Å². The summed E-state index contributed by atoms with van der Waals surface area (Å²) >= 11 is 1.31. The second kappa shape index (κ2) is 8.09. The molecule has 0 spiro atoms. The molecule has 0 unspecified atom stereocenters. The summed E-state index contributed by atoms with van der Waals surface area (Å²) in [5, 5.41) is 6.95. The van der Waals surface area contributed by atoms with Crippen molar-refractivity contribution in [1.29, 1.82) is 0 Å². The molecule has 5 rings (SSSR count). The Morgan fingerprint density at radius 2 is 2.23 bits per heavy atom. The summed E-state index contributed by atoms with van der Waals surface area (Å²) in [5.74, 6) is 0.484. The number of halogens is 1. The molecule has 1 fully saturated rings. The molecule has 8 heteroatoms. The number of anilines is 1. The fourth-order valence-corrected chi connectivity index (χ4v) is 5.46. The van der Waals surface area contributed by atoms with Gasteiger partial charge in [-0.1, -0.05) is 12.1 Å². The standard InChI is InChI=1S/C23H25FN4O2S/c1-12-2-5-17-20(25)21(31-23(17)27-12)22(29)28-15-8-14-4-3-13(9-19(14)30-11-15)16-6-7-26-10-18(16)24/h2-5,9,15-16,18,26H,6-8,10-11,25H2,1H3,(H,28,29)/t15-,16+,18+/m1/s1. The van der Waals surface area contributed by atoms with Crippen molar-refractivity contribution < 1.29 is 13.9 Å². The van der Waals surface area contributed by atoms with Gasteiger partial charge in [0.2, 0.25) is 0 Å². The Morgan fingerprint density at radius 3 is 3.06 bits per heavy atom. The summed E-state index contributed by atoms with van der Waals surface area (Å²) in [5.41, 5.74) is 9.57. The molecule has 0 bridgehead atoms. The number of benzene rings is 1. The van der Waals surface area contributed by atoms with Gasteiger partial charge in [0.1, 0.15) is 28.2 Å². The number of rotatable bonds is 3. The van der Waals surface area contributed by atoms with E-state index in [-0.39, 0.29) is 17.9 Å². The minimum Gasteiger partial charge on any atom is -0.491 e. The first-order valence-corrected chi connectivity index (χ1v) is 11.4. The molecule has 162 valence electrons. The Balaban J connectivity index is 1.30. The minimum atomic E-state index is -0.882. The quantitative estimate of drug-likeness (QED) is 0.581. The molecular formula is C23H25FN4O2S. The highest BCUT2D eigenvalue weighted by atomic mass is 32.1. The summed E-state index contributed by atoms with van der Waals surface area (Å²) in [6.45, 7) is 3.51. The molecule has 1 amide bonds. The maximum absolute atomic E-state index is 14.3. The number of amides is 1. The molecule has 2 aliphatic heterocycles. The van der Waals surface area contributed by atoms with Crippen molar-refractivity contribution in [3.63, 3.8) is 0 Å². The molecule has 1 aromatic carbocycles. The predicted molar refractivity (Wildman–Crippen MR) is 121 cm³/mol. The Labute approximate surface area is 184 Å². The number of thiophene rings is 1. The van der Waals surface area contributed by atoms with Crippen LogP contribution in [0.1, 0.15) is 38.8 Å². The number of piperidine rings is 1. The Hall–Kier alpha value is -2.71. The second-order valence-electron chi connectivity index (χ2n) is 8.32. The molecule has 0 aliphatic carbocycles. The number of hydrogen-bond acceptors (Lipinski definition) is 6. The molecule has 3 aromatic rings. The lowest BCUT2D eigenvalue weighted by atomic mass is 9.87. The van der Waals surface area contributed by atoms with Gasteiger partial charge in [-0.2, -0.15) is 0 Å². The first-order chi connectivity index (χ1) is 15.0. The number of ether oxygens (including phenoxy) is 1. The maximum Gasteiger partial charge on any atom is 0.263 e. The lowest BCUT2D eigenvalue weighted by Gasteiger charge is -2.30. The molecule has 31 heavy (non-hydrogen) atoms. The first-order valence-electron chi connectivity index (χ1n) is 10.6. The van der Waals surface area contributed by atoms with Crippen molar-refractivity contribution in [2.24, 2.45) is 0 Å². The van der Waals surface area contributed by atoms with Gasteiger partial charge < -0.3 is 21.1 Å². The third kappa shape index (κ3) is 3.85. The minimum absolute atomic E-state index is 0.0965. The summed E-state index contributed by atoms with van der Waals surface area (Å²) in [6.07, 6.45) is 0.561. The van der Waals surface area contributed by atoms with E-state index in [1.807, 2.05) is 37.3 Å². The molecule has 0 saturated carbocycles. The summed E-state index contributed by atoms with van der Waals surface area (Å²) in [7, 11) is 0. The highest BCUT2D eigenvalue weighted by Crippen LogP contribution is 2.35. The Bertz CT molecular complexity index is 1150. The summed E-state index contributed by atoms with van der Waals surface area (Å²) in [6, 6.07) is 9.60. The number of aryl methyl sites for hydroxylation is 1. The van der Waals surface area contributed by atoms with E-state index in [1.165, 1.54) is 11.3 Å². The van der Waals surface area contributed by atoms with Gasteiger partial charge in [0.15, 0.2) is 0 Å². The van der Waals surface area contributed by atoms with Crippen LogP contribution in [0.25, 0.3) is 10.2 Å². The normalized spacial score (nSPS) is 23.2. The average Bonchev–Trinajstić information content (AvgIpc) is 3.09. The van der Waals surface area contributed by atoms with Gasteiger partial charge in [0.05, 0.1) is 11.7 Å². The molecule has 2 aliphatic rings. The molecule has 2 aromatic heterocycles. The fraction of sp³-hybridized carbons (Fsp3) is 0.391. The van der Waals surface area contributed by atoms with Crippen LogP contribution in [0.15, 0.2) is 30.3 Å². The fourth-order valence-electron chi connectivity index (χ4n) is 4.42. The van der Waals surface area contributed by atoms with Gasteiger partial charge >= 0.3 is 0 Å². The molecule has 4 heterocycles. The zero-order valence-electron chi connectivity index (χ0n) is 17.3. The molecule has 0 radical (unpaired) electrons. The van der Waals surface area contributed by atoms with Gasteiger partial charge in [0, 0.05) is 23.5 Å². The van der Waals surface area contributed by atoms with Crippen LogP contribution in [-0.4, -0.2) is 42.8 Å². The van der Waals surface area contributed by atoms with Crippen LogP contribution in [0.2, 0.25) is 0 Å². The third-order valence-electron chi connectivity index (χ3n) is 6.11. The monoisotopic (exact) mass is 440 g/mol. The molecular weight excluding hydrogens is 415 g/mol. The number of nitrogens with zero attached hydrogens (tertiary/aromatic N) is 1. The molecule has 1 saturated heterocycles. The van der Waals surface area contributed by atoms with Crippen molar-refractivity contribution in [3.8, 4) is 5.75 Å².